The Morgan fingerprint density at radius 1 is 0.459 bits per heavy atom. The van der Waals surface area contributed by atoms with Gasteiger partial charge < -0.3 is 14.0 Å². The second-order valence-electron chi connectivity index (χ2n) is 17.1. The van der Waals surface area contributed by atoms with E-state index in [1.54, 1.807) is 0 Å². The van der Waals surface area contributed by atoms with Gasteiger partial charge in [-0.2, -0.15) is 0 Å². The molecule has 7 nitrogen and oxygen atoms in total. The molecule has 1 aromatic carbocycles. The van der Waals surface area contributed by atoms with Crippen molar-refractivity contribution in [3.8, 4) is 0 Å². The molecule has 0 aliphatic carbocycles. The molecule has 0 aromatic heterocycles. The summed E-state index contributed by atoms with van der Waals surface area (Å²) in [6.07, 6.45) is 53.2. The van der Waals surface area contributed by atoms with Crippen molar-refractivity contribution < 1.29 is 83.4 Å². The Kier molecular flexibility index (Phi) is 43.8. The number of carbonyl (C=O) groups excluding carboxylic acids is 2. The van der Waals surface area contributed by atoms with Crippen LogP contribution in [-0.4, -0.2) is 38.1 Å². The SMILES string of the molecule is CCCCCCCC/C=C/CCCCCCCCCCCCOC(=O)c1cccc(S(=O)(=O)[O-])c1C(=O)OCCCCCCCCCCCC/C=C/CCCCCCCC.[K+]. The standard InChI is InChI=1S/C52H90O7S.K/c1-3-5-7-9-11-13-15-17-19-21-23-25-27-29-31-33-35-37-39-41-46-58-51(53)48-44-43-45-49(60(55,56)57)50(48)52(54)59-47-42-40-38-36-34-32-30-28-26-24-22-20-18-16-14-12-10-8-6-4-2;/h17-20,43-45H,3-16,21-42,46-47H2,1-2H3,(H,55,56,57);/q;+1/p-1/b19-17+,20-18+;. The molecule has 0 N–H and O–H groups in total. The summed E-state index contributed by atoms with van der Waals surface area (Å²) >= 11 is 0. The number of allylic oxidation sites excluding steroid dienone is 4. The summed E-state index contributed by atoms with van der Waals surface area (Å²) in [5, 5.41) is 0. The Bertz CT molecular complexity index is 1340. The van der Waals surface area contributed by atoms with Crippen LogP contribution in [0.4, 0.5) is 0 Å². The molecule has 0 spiro atoms. The van der Waals surface area contributed by atoms with E-state index in [2.05, 4.69) is 38.2 Å². The van der Waals surface area contributed by atoms with E-state index in [-0.39, 0.29) is 70.2 Å². The average Bonchev–Trinajstić information content (AvgIpc) is 3.24. The van der Waals surface area contributed by atoms with Crippen LogP contribution in [-0.2, 0) is 19.6 Å². The van der Waals surface area contributed by atoms with Crippen LogP contribution in [0.5, 0.6) is 0 Å². The first-order valence-electron chi connectivity index (χ1n) is 25.1. The van der Waals surface area contributed by atoms with E-state index in [1.165, 1.54) is 192 Å². The quantitative estimate of drug-likeness (QED) is 0.0211. The third-order valence-electron chi connectivity index (χ3n) is 11.5. The molecule has 61 heavy (non-hydrogen) atoms. The van der Waals surface area contributed by atoms with E-state index in [9.17, 15) is 22.6 Å². The van der Waals surface area contributed by atoms with Crippen molar-refractivity contribution in [1.29, 1.82) is 0 Å². The van der Waals surface area contributed by atoms with Crippen LogP contribution >= 0.6 is 0 Å². The largest absolute Gasteiger partial charge is 1.00 e. The van der Waals surface area contributed by atoms with Gasteiger partial charge in [0.15, 0.2) is 0 Å². The van der Waals surface area contributed by atoms with E-state index in [1.807, 2.05) is 0 Å². The van der Waals surface area contributed by atoms with Crippen molar-refractivity contribution >= 4 is 22.1 Å². The van der Waals surface area contributed by atoms with E-state index >= 15 is 0 Å². The molecule has 0 saturated carbocycles. The molecular weight excluding hydrogens is 808 g/mol. The molecule has 0 heterocycles. The van der Waals surface area contributed by atoms with Crippen molar-refractivity contribution in [2.24, 2.45) is 0 Å². The Morgan fingerprint density at radius 2 is 0.754 bits per heavy atom. The van der Waals surface area contributed by atoms with Gasteiger partial charge >= 0.3 is 63.3 Å². The molecule has 346 valence electrons. The second-order valence-corrected chi connectivity index (χ2v) is 18.5. The Balaban J connectivity index is 0.0000360. The molecule has 0 aliphatic rings. The minimum absolute atomic E-state index is 0. The first-order valence-corrected chi connectivity index (χ1v) is 26.5. The first-order chi connectivity index (χ1) is 29.3. The molecule has 0 saturated heterocycles. The third kappa shape index (κ3) is 36.1. The first kappa shape index (κ1) is 60.2. The number of esters is 2. The van der Waals surface area contributed by atoms with Gasteiger partial charge in [0.1, 0.15) is 10.1 Å². The zero-order chi connectivity index (χ0) is 43.6. The molecule has 1 aromatic rings. The summed E-state index contributed by atoms with van der Waals surface area (Å²) in [6, 6.07) is 3.64. The summed E-state index contributed by atoms with van der Waals surface area (Å²) in [4.78, 5) is 25.3. The van der Waals surface area contributed by atoms with Crippen LogP contribution in [0, 0.1) is 0 Å². The maximum absolute atomic E-state index is 13.1. The van der Waals surface area contributed by atoms with Gasteiger partial charge in [-0.05, 0) is 76.3 Å². The van der Waals surface area contributed by atoms with Crippen LogP contribution in [0.2, 0.25) is 0 Å². The van der Waals surface area contributed by atoms with Gasteiger partial charge in [-0.3, -0.25) is 0 Å². The minimum Gasteiger partial charge on any atom is -0.744 e. The second kappa shape index (κ2) is 44.4. The normalized spacial score (nSPS) is 11.7. The van der Waals surface area contributed by atoms with Gasteiger partial charge in [0.05, 0.1) is 29.2 Å². The summed E-state index contributed by atoms with van der Waals surface area (Å²) < 4.78 is 46.9. The van der Waals surface area contributed by atoms with E-state index in [0.29, 0.717) is 12.8 Å². The monoisotopic (exact) mass is 897 g/mol. The van der Waals surface area contributed by atoms with Gasteiger partial charge in [-0.25, -0.2) is 18.0 Å². The smallest absolute Gasteiger partial charge is 0.744 e. The predicted octanol–water partition coefficient (Wildman–Crippen LogP) is 13.1. The zero-order valence-corrected chi connectivity index (χ0v) is 43.6. The fraction of sp³-hybridized carbons (Fsp3) is 0.769. The number of unbranched alkanes of at least 4 members (excludes halogenated alkanes) is 32. The number of ether oxygens (including phenoxy) is 2. The van der Waals surface area contributed by atoms with Gasteiger partial charge in [0.2, 0.25) is 0 Å². The van der Waals surface area contributed by atoms with Gasteiger partial charge in [-0.15, -0.1) is 0 Å². The fourth-order valence-electron chi connectivity index (χ4n) is 7.71. The predicted molar refractivity (Wildman–Crippen MR) is 251 cm³/mol. The molecular formula is C52H89KO7S. The van der Waals surface area contributed by atoms with E-state index in [4.69, 9.17) is 9.47 Å². The molecule has 0 unspecified atom stereocenters. The Hall–Kier alpha value is -0.814. The molecule has 1 rings (SSSR count). The molecule has 0 aliphatic heterocycles. The fourth-order valence-corrected chi connectivity index (χ4v) is 8.40. The van der Waals surface area contributed by atoms with Crippen molar-refractivity contribution in [1.82, 2.24) is 0 Å². The Morgan fingerprint density at radius 3 is 1.08 bits per heavy atom. The number of benzene rings is 1. The molecule has 0 bridgehead atoms. The topological polar surface area (TPSA) is 110 Å². The van der Waals surface area contributed by atoms with Crippen LogP contribution in [0.1, 0.15) is 266 Å². The molecule has 0 fully saturated rings. The average molecular weight is 897 g/mol. The van der Waals surface area contributed by atoms with Gasteiger partial charge in [-0.1, -0.05) is 211 Å². The number of hydrogen-bond donors (Lipinski definition) is 0. The summed E-state index contributed by atoms with van der Waals surface area (Å²) in [5.41, 5.74) is -0.775. The maximum Gasteiger partial charge on any atom is 1.00 e. The molecule has 9 heteroatoms. The third-order valence-corrected chi connectivity index (χ3v) is 12.4. The summed E-state index contributed by atoms with van der Waals surface area (Å²) in [6.45, 7) is 4.77. The van der Waals surface area contributed by atoms with Crippen LogP contribution in [0.3, 0.4) is 0 Å². The molecule has 0 atom stereocenters. The van der Waals surface area contributed by atoms with Crippen molar-refractivity contribution in [3.05, 3.63) is 53.6 Å². The van der Waals surface area contributed by atoms with E-state index < -0.39 is 32.5 Å². The van der Waals surface area contributed by atoms with Crippen LogP contribution < -0.4 is 51.4 Å². The molecule has 0 radical (unpaired) electrons. The minimum atomic E-state index is -5.02. The van der Waals surface area contributed by atoms with Crippen molar-refractivity contribution in [3.63, 3.8) is 0 Å². The number of carbonyl (C=O) groups is 2. The van der Waals surface area contributed by atoms with Crippen LogP contribution in [0.25, 0.3) is 0 Å². The van der Waals surface area contributed by atoms with Gasteiger partial charge in [0.25, 0.3) is 0 Å². The maximum atomic E-state index is 13.1. The summed E-state index contributed by atoms with van der Waals surface area (Å²) in [7, 11) is -5.02. The van der Waals surface area contributed by atoms with Crippen LogP contribution in [0.15, 0.2) is 47.4 Å². The van der Waals surface area contributed by atoms with E-state index in [0.717, 1.165) is 44.6 Å². The van der Waals surface area contributed by atoms with Crippen molar-refractivity contribution in [2.75, 3.05) is 13.2 Å². The number of hydrogen-bond acceptors (Lipinski definition) is 7. The van der Waals surface area contributed by atoms with Crippen molar-refractivity contribution in [2.45, 2.75) is 250 Å². The van der Waals surface area contributed by atoms with Gasteiger partial charge in [0, 0.05) is 0 Å². The Labute approximate surface area is 418 Å². The molecule has 0 amide bonds. The summed E-state index contributed by atoms with van der Waals surface area (Å²) in [5.74, 6) is -1.81. The number of rotatable bonds is 43. The zero-order valence-electron chi connectivity index (χ0n) is 39.7.